The van der Waals surface area contributed by atoms with Crippen LogP contribution in [0.5, 0.6) is 0 Å². The molecule has 0 aliphatic carbocycles. The second-order valence-corrected chi connectivity index (χ2v) is 6.96. The Hall–Kier alpha value is -0.940. The molecule has 0 saturated carbocycles. The van der Waals surface area contributed by atoms with Gasteiger partial charge in [-0.25, -0.2) is 8.42 Å². The summed E-state index contributed by atoms with van der Waals surface area (Å²) in [5.74, 6) is -0.0176. The van der Waals surface area contributed by atoms with Crippen LogP contribution in [0.15, 0.2) is 18.5 Å². The number of rotatable bonds is 4. The van der Waals surface area contributed by atoms with E-state index in [4.69, 9.17) is 5.73 Å². The fourth-order valence-corrected chi connectivity index (χ4v) is 3.47. The lowest BCUT2D eigenvalue weighted by molar-refractivity contribution is 0.544. The molecule has 0 atom stereocenters. The Labute approximate surface area is 96.8 Å². The molecule has 0 radical (unpaired) electrons. The van der Waals surface area contributed by atoms with Crippen molar-refractivity contribution in [2.75, 3.05) is 5.75 Å². The second-order valence-electron chi connectivity index (χ2n) is 4.89. The van der Waals surface area contributed by atoms with E-state index in [1.165, 1.54) is 0 Å². The van der Waals surface area contributed by atoms with Crippen molar-refractivity contribution in [2.45, 2.75) is 32.1 Å². The van der Waals surface area contributed by atoms with Gasteiger partial charge in [0.05, 0.1) is 11.5 Å². The summed E-state index contributed by atoms with van der Waals surface area (Å²) in [4.78, 5) is 3.97. The third-order valence-electron chi connectivity index (χ3n) is 1.91. The Morgan fingerprint density at radius 1 is 1.38 bits per heavy atom. The van der Waals surface area contributed by atoms with E-state index in [2.05, 4.69) is 4.98 Å². The maximum absolute atomic E-state index is 11.8. The highest BCUT2D eigenvalue weighted by atomic mass is 32.2. The van der Waals surface area contributed by atoms with E-state index in [0.717, 1.165) is 5.56 Å². The van der Waals surface area contributed by atoms with Crippen LogP contribution >= 0.6 is 0 Å². The lowest BCUT2D eigenvalue weighted by atomic mass is 10.1. The van der Waals surface area contributed by atoms with E-state index in [1.54, 1.807) is 26.2 Å². The lowest BCUT2D eigenvalue weighted by Gasteiger charge is -2.18. The molecule has 0 spiro atoms. The molecule has 16 heavy (non-hydrogen) atoms. The van der Waals surface area contributed by atoms with Crippen LogP contribution in [0.3, 0.4) is 0 Å². The normalized spacial score (nSPS) is 12.8. The predicted molar refractivity (Wildman–Crippen MR) is 64.7 cm³/mol. The number of hydrogen-bond acceptors (Lipinski definition) is 4. The molecule has 0 bridgehead atoms. The SMILES string of the molecule is Cc1cncc(CS(=O)(=O)CC(C)(C)N)c1. The molecule has 2 N–H and O–H groups in total. The van der Waals surface area contributed by atoms with Crippen molar-refractivity contribution < 1.29 is 8.42 Å². The minimum absolute atomic E-state index is 0.00229. The summed E-state index contributed by atoms with van der Waals surface area (Å²) in [6.45, 7) is 5.30. The van der Waals surface area contributed by atoms with Gasteiger partial charge in [0, 0.05) is 17.9 Å². The van der Waals surface area contributed by atoms with E-state index in [-0.39, 0.29) is 11.5 Å². The molecule has 0 aliphatic heterocycles. The van der Waals surface area contributed by atoms with E-state index in [9.17, 15) is 8.42 Å². The number of aryl methyl sites for hydroxylation is 1. The molecule has 0 amide bonds. The number of pyridine rings is 1. The van der Waals surface area contributed by atoms with Gasteiger partial charge < -0.3 is 5.73 Å². The van der Waals surface area contributed by atoms with Crippen molar-refractivity contribution in [3.63, 3.8) is 0 Å². The Kier molecular flexibility index (Phi) is 3.70. The Morgan fingerprint density at radius 2 is 2.00 bits per heavy atom. The quantitative estimate of drug-likeness (QED) is 0.856. The third kappa shape index (κ3) is 4.72. The fourth-order valence-electron chi connectivity index (χ4n) is 1.57. The Balaban J connectivity index is 2.81. The first-order valence-corrected chi connectivity index (χ1v) is 6.90. The van der Waals surface area contributed by atoms with Gasteiger partial charge in [-0.15, -0.1) is 0 Å². The van der Waals surface area contributed by atoms with Gasteiger partial charge in [-0.2, -0.15) is 0 Å². The van der Waals surface area contributed by atoms with Gasteiger partial charge in [-0.05, 0) is 31.9 Å². The summed E-state index contributed by atoms with van der Waals surface area (Å²) in [6, 6.07) is 1.83. The molecule has 4 nitrogen and oxygen atoms in total. The lowest BCUT2D eigenvalue weighted by Crippen LogP contribution is -2.40. The standard InChI is InChI=1S/C11H18N2O2S/c1-9-4-10(6-13-5-9)7-16(14,15)8-11(2,3)12/h4-6H,7-8,12H2,1-3H3. The Morgan fingerprint density at radius 3 is 2.50 bits per heavy atom. The molecule has 90 valence electrons. The number of sulfone groups is 1. The topological polar surface area (TPSA) is 73.0 Å². The van der Waals surface area contributed by atoms with Crippen molar-refractivity contribution in [3.8, 4) is 0 Å². The van der Waals surface area contributed by atoms with Crippen LogP contribution in [-0.4, -0.2) is 24.7 Å². The smallest absolute Gasteiger partial charge is 0.156 e. The zero-order valence-electron chi connectivity index (χ0n) is 9.90. The van der Waals surface area contributed by atoms with Crippen molar-refractivity contribution in [1.82, 2.24) is 4.98 Å². The maximum Gasteiger partial charge on any atom is 0.156 e. The molecule has 0 unspecified atom stereocenters. The molecule has 0 aliphatic rings. The summed E-state index contributed by atoms with van der Waals surface area (Å²) >= 11 is 0. The van der Waals surface area contributed by atoms with Gasteiger partial charge in [-0.3, -0.25) is 4.98 Å². The van der Waals surface area contributed by atoms with Crippen LogP contribution < -0.4 is 5.73 Å². The molecular weight excluding hydrogens is 224 g/mol. The van der Waals surface area contributed by atoms with E-state index >= 15 is 0 Å². The Bertz CT molecular complexity index is 461. The highest BCUT2D eigenvalue weighted by molar-refractivity contribution is 7.90. The maximum atomic E-state index is 11.8. The fraction of sp³-hybridized carbons (Fsp3) is 0.545. The largest absolute Gasteiger partial charge is 0.325 e. The number of nitrogens with zero attached hydrogens (tertiary/aromatic N) is 1. The molecule has 1 rings (SSSR count). The molecule has 0 fully saturated rings. The number of nitrogens with two attached hydrogens (primary N) is 1. The highest BCUT2D eigenvalue weighted by Crippen LogP contribution is 2.11. The van der Waals surface area contributed by atoms with Crippen LogP contribution in [-0.2, 0) is 15.6 Å². The number of aromatic nitrogens is 1. The van der Waals surface area contributed by atoms with Gasteiger partial charge in [0.1, 0.15) is 0 Å². The molecule has 0 saturated heterocycles. The predicted octanol–water partition coefficient (Wildman–Crippen LogP) is 1.04. The molecular formula is C11H18N2O2S. The summed E-state index contributed by atoms with van der Waals surface area (Å²) < 4.78 is 23.6. The first-order chi connectivity index (χ1) is 7.18. The van der Waals surface area contributed by atoms with Crippen molar-refractivity contribution >= 4 is 9.84 Å². The number of hydrogen-bond donors (Lipinski definition) is 1. The zero-order chi connectivity index (χ0) is 12.4. The van der Waals surface area contributed by atoms with Crippen LogP contribution in [0, 0.1) is 6.92 Å². The van der Waals surface area contributed by atoms with E-state index in [0.29, 0.717) is 5.56 Å². The molecule has 1 aromatic heterocycles. The van der Waals surface area contributed by atoms with Gasteiger partial charge in [0.25, 0.3) is 0 Å². The van der Waals surface area contributed by atoms with Gasteiger partial charge >= 0.3 is 0 Å². The first kappa shape index (κ1) is 13.1. The monoisotopic (exact) mass is 242 g/mol. The summed E-state index contributed by atoms with van der Waals surface area (Å²) in [5.41, 5.74) is 6.68. The van der Waals surface area contributed by atoms with Gasteiger partial charge in [-0.1, -0.05) is 6.07 Å². The van der Waals surface area contributed by atoms with Crippen LogP contribution in [0.1, 0.15) is 25.0 Å². The average Bonchev–Trinajstić information content (AvgIpc) is 1.96. The van der Waals surface area contributed by atoms with Crippen molar-refractivity contribution in [3.05, 3.63) is 29.6 Å². The van der Waals surface area contributed by atoms with Gasteiger partial charge in [0.2, 0.25) is 0 Å². The van der Waals surface area contributed by atoms with Crippen LogP contribution in [0.25, 0.3) is 0 Å². The minimum atomic E-state index is -3.17. The minimum Gasteiger partial charge on any atom is -0.325 e. The zero-order valence-corrected chi connectivity index (χ0v) is 10.7. The molecule has 1 aromatic rings. The second kappa shape index (κ2) is 4.51. The molecule has 5 heteroatoms. The summed E-state index contributed by atoms with van der Waals surface area (Å²) in [6.07, 6.45) is 3.27. The average molecular weight is 242 g/mol. The van der Waals surface area contributed by atoms with Crippen LogP contribution in [0.2, 0.25) is 0 Å². The van der Waals surface area contributed by atoms with Crippen molar-refractivity contribution in [1.29, 1.82) is 0 Å². The molecule has 0 aromatic carbocycles. The molecule has 1 heterocycles. The van der Waals surface area contributed by atoms with E-state index < -0.39 is 15.4 Å². The summed E-state index contributed by atoms with van der Waals surface area (Å²) in [7, 11) is -3.17. The summed E-state index contributed by atoms with van der Waals surface area (Å²) in [5, 5.41) is 0. The highest BCUT2D eigenvalue weighted by Gasteiger charge is 2.22. The van der Waals surface area contributed by atoms with Crippen molar-refractivity contribution in [2.24, 2.45) is 5.73 Å². The van der Waals surface area contributed by atoms with Gasteiger partial charge in [0.15, 0.2) is 9.84 Å². The van der Waals surface area contributed by atoms with E-state index in [1.807, 2.05) is 13.0 Å². The third-order valence-corrected chi connectivity index (χ3v) is 3.87. The van der Waals surface area contributed by atoms with Crippen LogP contribution in [0.4, 0.5) is 0 Å². The first-order valence-electron chi connectivity index (χ1n) is 5.08.